The van der Waals surface area contributed by atoms with Gasteiger partial charge in [-0.15, -0.1) is 0 Å². The number of hydrogen-bond acceptors (Lipinski definition) is 2. The summed E-state index contributed by atoms with van der Waals surface area (Å²) in [5, 5.41) is 0. The molecule has 2 unspecified atom stereocenters. The molecule has 104 valence electrons. The third-order valence-corrected chi connectivity index (χ3v) is 5.21. The molecule has 1 saturated heterocycles. The number of rotatable bonds is 4. The van der Waals surface area contributed by atoms with E-state index in [1.54, 1.807) is 0 Å². The Morgan fingerprint density at radius 3 is 2.33 bits per heavy atom. The second kappa shape index (κ2) is 6.70. The summed E-state index contributed by atoms with van der Waals surface area (Å²) in [6.45, 7) is 8.06. The van der Waals surface area contributed by atoms with Crippen molar-refractivity contribution in [2.24, 2.45) is 17.8 Å². The number of Topliss-reactive ketones (excluding diaryl/α,β-unsaturated/α-hetero) is 1. The van der Waals surface area contributed by atoms with Gasteiger partial charge in [-0.2, -0.15) is 0 Å². The number of likely N-dealkylation sites (tertiary alicyclic amines) is 1. The zero-order chi connectivity index (χ0) is 13.0. The van der Waals surface area contributed by atoms with Crippen LogP contribution < -0.4 is 0 Å². The van der Waals surface area contributed by atoms with Crippen molar-refractivity contribution in [1.82, 2.24) is 4.90 Å². The molecule has 0 aromatic heterocycles. The Morgan fingerprint density at radius 2 is 1.72 bits per heavy atom. The van der Waals surface area contributed by atoms with Crippen LogP contribution in [0.3, 0.4) is 0 Å². The van der Waals surface area contributed by atoms with E-state index in [1.807, 2.05) is 0 Å². The standard InChI is InChI=1S/C16H29NO/c1-3-13-7-9-17(10-8-13)12-15-11-14(4-2)5-6-16(15)18/h13-15H,3-12H2,1-2H3. The smallest absolute Gasteiger partial charge is 0.137 e. The Labute approximate surface area is 112 Å². The predicted octanol–water partition coefficient (Wildman–Crippen LogP) is 3.50. The summed E-state index contributed by atoms with van der Waals surface area (Å²) in [7, 11) is 0. The van der Waals surface area contributed by atoms with E-state index in [2.05, 4.69) is 18.7 Å². The van der Waals surface area contributed by atoms with Crippen molar-refractivity contribution in [2.75, 3.05) is 19.6 Å². The van der Waals surface area contributed by atoms with Crippen LogP contribution in [0.2, 0.25) is 0 Å². The van der Waals surface area contributed by atoms with E-state index < -0.39 is 0 Å². The molecular formula is C16H29NO. The second-order valence-electron chi connectivity index (χ2n) is 6.36. The fourth-order valence-corrected chi connectivity index (χ4v) is 3.64. The summed E-state index contributed by atoms with van der Waals surface area (Å²) >= 11 is 0. The average molecular weight is 251 g/mol. The van der Waals surface area contributed by atoms with E-state index in [4.69, 9.17) is 0 Å². The van der Waals surface area contributed by atoms with Crippen molar-refractivity contribution >= 4 is 5.78 Å². The Morgan fingerprint density at radius 1 is 1.06 bits per heavy atom. The number of carbonyl (C=O) groups is 1. The summed E-state index contributed by atoms with van der Waals surface area (Å²) in [5.41, 5.74) is 0. The first-order chi connectivity index (χ1) is 8.72. The minimum atomic E-state index is 0.349. The molecular weight excluding hydrogens is 222 g/mol. The highest BCUT2D eigenvalue weighted by Gasteiger charge is 2.30. The van der Waals surface area contributed by atoms with Crippen molar-refractivity contribution in [1.29, 1.82) is 0 Å². The molecule has 0 radical (unpaired) electrons. The number of piperidine rings is 1. The number of ketones is 1. The van der Waals surface area contributed by atoms with Crippen molar-refractivity contribution in [3.05, 3.63) is 0 Å². The van der Waals surface area contributed by atoms with Crippen LogP contribution >= 0.6 is 0 Å². The molecule has 2 fully saturated rings. The van der Waals surface area contributed by atoms with Gasteiger partial charge in [0.15, 0.2) is 0 Å². The van der Waals surface area contributed by atoms with Crippen molar-refractivity contribution in [3.63, 3.8) is 0 Å². The van der Waals surface area contributed by atoms with Gasteiger partial charge in [-0.3, -0.25) is 4.79 Å². The average Bonchev–Trinajstić information content (AvgIpc) is 2.42. The molecule has 2 atom stereocenters. The lowest BCUT2D eigenvalue weighted by Gasteiger charge is -2.36. The maximum absolute atomic E-state index is 12.0. The summed E-state index contributed by atoms with van der Waals surface area (Å²) in [6, 6.07) is 0. The molecule has 18 heavy (non-hydrogen) atoms. The molecule has 1 heterocycles. The molecule has 1 aliphatic carbocycles. The molecule has 0 spiro atoms. The molecule has 0 bridgehead atoms. The van der Waals surface area contributed by atoms with Crippen molar-refractivity contribution in [2.45, 2.75) is 58.8 Å². The maximum Gasteiger partial charge on any atom is 0.137 e. The third-order valence-electron chi connectivity index (χ3n) is 5.21. The van der Waals surface area contributed by atoms with Gasteiger partial charge >= 0.3 is 0 Å². The zero-order valence-electron chi connectivity index (χ0n) is 12.2. The quantitative estimate of drug-likeness (QED) is 0.762. The van der Waals surface area contributed by atoms with E-state index in [0.717, 1.165) is 37.6 Å². The summed E-state index contributed by atoms with van der Waals surface area (Å²) in [6.07, 6.45) is 8.40. The summed E-state index contributed by atoms with van der Waals surface area (Å²) < 4.78 is 0. The first-order valence-corrected chi connectivity index (χ1v) is 7.98. The molecule has 0 aromatic rings. The molecule has 1 saturated carbocycles. The first-order valence-electron chi connectivity index (χ1n) is 7.98. The van der Waals surface area contributed by atoms with Crippen LogP contribution in [0.4, 0.5) is 0 Å². The maximum atomic E-state index is 12.0. The Bertz CT molecular complexity index is 268. The minimum absolute atomic E-state index is 0.349. The summed E-state index contributed by atoms with van der Waals surface area (Å²) in [4.78, 5) is 14.6. The molecule has 0 N–H and O–H groups in total. The van der Waals surface area contributed by atoms with Crippen molar-refractivity contribution < 1.29 is 4.79 Å². The van der Waals surface area contributed by atoms with Crippen molar-refractivity contribution in [3.8, 4) is 0 Å². The lowest BCUT2D eigenvalue weighted by Crippen LogP contribution is -2.40. The monoisotopic (exact) mass is 251 g/mol. The number of carbonyl (C=O) groups excluding carboxylic acids is 1. The van der Waals surface area contributed by atoms with Crippen LogP contribution in [0.25, 0.3) is 0 Å². The van der Waals surface area contributed by atoms with Gasteiger partial charge in [0.25, 0.3) is 0 Å². The fourth-order valence-electron chi connectivity index (χ4n) is 3.64. The Balaban J connectivity index is 1.79. The fraction of sp³-hybridized carbons (Fsp3) is 0.938. The Kier molecular flexibility index (Phi) is 5.23. The van der Waals surface area contributed by atoms with E-state index in [-0.39, 0.29) is 0 Å². The highest BCUT2D eigenvalue weighted by molar-refractivity contribution is 5.81. The van der Waals surface area contributed by atoms with Crippen LogP contribution in [-0.4, -0.2) is 30.3 Å². The van der Waals surface area contributed by atoms with Crippen LogP contribution in [0.5, 0.6) is 0 Å². The topological polar surface area (TPSA) is 20.3 Å². The highest BCUT2D eigenvalue weighted by Crippen LogP contribution is 2.30. The lowest BCUT2D eigenvalue weighted by molar-refractivity contribution is -0.126. The van der Waals surface area contributed by atoms with E-state index >= 15 is 0 Å². The second-order valence-corrected chi connectivity index (χ2v) is 6.36. The minimum Gasteiger partial charge on any atom is -0.303 e. The van der Waals surface area contributed by atoms with Crippen LogP contribution in [-0.2, 0) is 4.79 Å². The highest BCUT2D eigenvalue weighted by atomic mass is 16.1. The van der Waals surface area contributed by atoms with E-state index in [0.29, 0.717) is 11.7 Å². The van der Waals surface area contributed by atoms with E-state index in [9.17, 15) is 4.79 Å². The van der Waals surface area contributed by atoms with Gasteiger partial charge in [-0.25, -0.2) is 0 Å². The number of hydrogen-bond donors (Lipinski definition) is 0. The SMILES string of the molecule is CCC1CCN(CC2CC(CC)CCC2=O)CC1. The molecule has 0 aromatic carbocycles. The largest absolute Gasteiger partial charge is 0.303 e. The van der Waals surface area contributed by atoms with Gasteiger partial charge in [0.2, 0.25) is 0 Å². The zero-order valence-corrected chi connectivity index (χ0v) is 12.2. The molecule has 2 heteroatoms. The van der Waals surface area contributed by atoms with E-state index in [1.165, 1.54) is 38.8 Å². The number of nitrogens with zero attached hydrogens (tertiary/aromatic N) is 1. The van der Waals surface area contributed by atoms with Crippen LogP contribution in [0, 0.1) is 17.8 Å². The van der Waals surface area contributed by atoms with Gasteiger partial charge in [0.05, 0.1) is 0 Å². The lowest BCUT2D eigenvalue weighted by atomic mass is 9.79. The first kappa shape index (κ1) is 14.0. The van der Waals surface area contributed by atoms with Gasteiger partial charge in [0.1, 0.15) is 5.78 Å². The normalized spacial score (nSPS) is 31.8. The van der Waals surface area contributed by atoms with Gasteiger partial charge in [-0.05, 0) is 50.6 Å². The molecule has 2 rings (SSSR count). The van der Waals surface area contributed by atoms with Crippen LogP contribution in [0.1, 0.15) is 58.8 Å². The summed E-state index contributed by atoms with van der Waals surface area (Å²) in [5.74, 6) is 2.63. The molecule has 2 nitrogen and oxygen atoms in total. The molecule has 1 aliphatic heterocycles. The third kappa shape index (κ3) is 3.57. The Hall–Kier alpha value is -0.370. The predicted molar refractivity (Wildman–Crippen MR) is 75.6 cm³/mol. The van der Waals surface area contributed by atoms with Gasteiger partial charge in [0, 0.05) is 18.9 Å². The van der Waals surface area contributed by atoms with Gasteiger partial charge < -0.3 is 4.90 Å². The van der Waals surface area contributed by atoms with Crippen LogP contribution in [0.15, 0.2) is 0 Å². The molecule has 0 amide bonds. The molecule has 2 aliphatic rings. The van der Waals surface area contributed by atoms with Gasteiger partial charge in [-0.1, -0.05) is 26.7 Å².